The molecule has 0 N–H and O–H groups in total. The van der Waals surface area contributed by atoms with Crippen molar-refractivity contribution in [1.82, 2.24) is 38.9 Å². The number of hydrazine groups is 1. The number of allylic oxidation sites excluding steroid dienone is 3. The van der Waals surface area contributed by atoms with Gasteiger partial charge in [-0.15, -0.1) is 0 Å². The van der Waals surface area contributed by atoms with Gasteiger partial charge in [-0.1, -0.05) is 123 Å². The van der Waals surface area contributed by atoms with Crippen LogP contribution in [-0.4, -0.2) is 72.7 Å². The van der Waals surface area contributed by atoms with Crippen LogP contribution in [0.1, 0.15) is 163 Å². The van der Waals surface area contributed by atoms with Gasteiger partial charge in [0.1, 0.15) is 46.9 Å². The number of benzene rings is 4. The number of aromatic nitrogens is 7. The molecule has 522 valence electrons. The summed E-state index contributed by atoms with van der Waals surface area (Å²) in [6.07, 6.45) is 20.0. The third-order valence-electron chi connectivity index (χ3n) is 21.3. The molecule has 0 spiro atoms. The van der Waals surface area contributed by atoms with Gasteiger partial charge < -0.3 is 23.1 Å². The Morgan fingerprint density at radius 3 is 1.10 bits per heavy atom. The van der Waals surface area contributed by atoms with Gasteiger partial charge in [0.05, 0.1) is 37.9 Å². The molecule has 0 saturated heterocycles. The largest absolute Gasteiger partial charge is 0.450 e. The second kappa shape index (κ2) is 27.4. The zero-order chi connectivity index (χ0) is 72.9. The Hall–Kier alpha value is -10.5. The second-order valence-corrected chi connectivity index (χ2v) is 30.0. The van der Waals surface area contributed by atoms with E-state index in [1.807, 2.05) is 26.8 Å². The lowest BCUT2D eigenvalue weighted by atomic mass is 9.57. The summed E-state index contributed by atoms with van der Waals surface area (Å²) in [6, 6.07) is 43.5. The number of rotatable bonds is 11. The molecule has 1 atom stereocenters. The number of nitrogens with zero attached hydrogens (tertiary/aromatic N) is 12. The van der Waals surface area contributed by atoms with Gasteiger partial charge in [-0.05, 0) is 209 Å². The molecule has 4 aliphatic heterocycles. The Labute approximate surface area is 609 Å². The van der Waals surface area contributed by atoms with Gasteiger partial charge in [-0.2, -0.15) is 0 Å². The average Bonchev–Trinajstić information content (AvgIpc) is 1.69. The summed E-state index contributed by atoms with van der Waals surface area (Å²) in [5.41, 5.74) is 27.9. The summed E-state index contributed by atoms with van der Waals surface area (Å²) < 4.78 is 28.2. The fourth-order valence-electron chi connectivity index (χ4n) is 15.8. The maximum atomic E-state index is 6.42. The van der Waals surface area contributed by atoms with E-state index >= 15 is 0 Å². The minimum Gasteiger partial charge on any atom is -0.450 e. The van der Waals surface area contributed by atoms with E-state index in [-0.39, 0.29) is 26.7 Å². The molecular formula is C85H97B3N12O3+2. The lowest BCUT2D eigenvalue weighted by molar-refractivity contribution is -0.657. The van der Waals surface area contributed by atoms with Crippen molar-refractivity contribution in [3.63, 3.8) is 0 Å². The van der Waals surface area contributed by atoms with Crippen LogP contribution in [0.25, 0.3) is 85.2 Å². The Morgan fingerprint density at radius 1 is 0.427 bits per heavy atom. The number of imidazole rings is 2. The van der Waals surface area contributed by atoms with Crippen LogP contribution < -0.4 is 35.7 Å². The Kier molecular flexibility index (Phi) is 18.5. The summed E-state index contributed by atoms with van der Waals surface area (Å²) in [4.78, 5) is 23.2. The zero-order valence-corrected chi connectivity index (χ0v) is 64.0. The highest BCUT2D eigenvalue weighted by Gasteiger charge is 2.45. The molecular weight excluding hydrogens is 1270 g/mol. The van der Waals surface area contributed by atoms with E-state index in [1.165, 1.54) is 73.0 Å². The van der Waals surface area contributed by atoms with Crippen LogP contribution in [-0.2, 0) is 14.1 Å². The van der Waals surface area contributed by atoms with Crippen LogP contribution in [0.2, 0.25) is 20.5 Å². The molecule has 8 aromatic heterocycles. The first-order valence-electron chi connectivity index (χ1n) is 36.7. The van der Waals surface area contributed by atoms with Crippen molar-refractivity contribution >= 4 is 101 Å². The third-order valence-corrected chi connectivity index (χ3v) is 21.3. The first-order valence-corrected chi connectivity index (χ1v) is 36.7. The molecule has 12 heterocycles. The lowest BCUT2D eigenvalue weighted by Crippen LogP contribution is -2.57. The van der Waals surface area contributed by atoms with E-state index in [2.05, 4.69) is 353 Å². The van der Waals surface area contributed by atoms with Crippen molar-refractivity contribution in [2.24, 2.45) is 14.1 Å². The first-order chi connectivity index (χ1) is 49.3. The van der Waals surface area contributed by atoms with Crippen LogP contribution in [0.3, 0.4) is 0 Å². The van der Waals surface area contributed by atoms with Crippen LogP contribution in [0.4, 0.5) is 11.9 Å². The first kappa shape index (κ1) is 69.6. The topological polar surface area (TPSA) is 112 Å². The quantitative estimate of drug-likeness (QED) is 0.0911. The molecule has 18 heteroatoms. The molecule has 0 saturated carbocycles. The molecule has 12 aromatic rings. The molecule has 0 unspecified atom stereocenters. The van der Waals surface area contributed by atoms with E-state index < -0.39 is 0 Å². The molecule has 0 radical (unpaired) electrons. The maximum absolute atomic E-state index is 6.42. The van der Waals surface area contributed by atoms with E-state index in [9.17, 15) is 0 Å². The van der Waals surface area contributed by atoms with Gasteiger partial charge in [-0.3, -0.25) is 14.6 Å². The summed E-state index contributed by atoms with van der Waals surface area (Å²) >= 11 is 0. The standard InChI is InChI=1S/2C34H38BN4O.C17H21BN4O/c2*1-21(2)28-19-26(25-12-10-9-11-13-25)20-29(22(3)4)31(28)38-17-16-37(8)34(38)39-24(6)18-30-27-15-14-23(5)36-33(27)40-32(30)35(39)7;1-11-6-7-14-15-10-12(2)22(21-9-8-20(5)13(21)3)18(4)16(15)23-17(14)19-11/h2*9-22H,1-8H3;6-10,13H,1-5H3/q2*+1;/t;;13-/m..0/s1. The van der Waals surface area contributed by atoms with Gasteiger partial charge in [-0.25, -0.2) is 33.2 Å². The predicted molar refractivity (Wildman–Crippen MR) is 427 cm³/mol. The van der Waals surface area contributed by atoms with E-state index in [0.717, 1.165) is 84.5 Å². The van der Waals surface area contributed by atoms with E-state index in [0.29, 0.717) is 35.1 Å². The lowest BCUT2D eigenvalue weighted by Gasteiger charge is -2.43. The number of hydrogen-bond donors (Lipinski definition) is 0. The van der Waals surface area contributed by atoms with Gasteiger partial charge in [0.2, 0.25) is 17.1 Å². The number of aryl methyl sites for hydroxylation is 5. The number of furan rings is 3. The molecule has 103 heavy (non-hydrogen) atoms. The second-order valence-electron chi connectivity index (χ2n) is 30.0. The SMILES string of the molecule is CB1c2oc3nc(C)ccc3c2C=C(C)N1N1C=CN(C)[C@@H]1C.CB1c2oc3nc(C)ccc3c2C=C(C)N1c1n(-c2c(C(C)C)cc(-c3ccccc3)cc2C(C)C)cc[n+]1C.CB1c2oc3nc(C)ccc3c2C=C(C)N1c1n(-c2c(C(C)C)cc(-c3ccccc3)cc2C(C)C)cc[n+]1C. The molecule has 0 aliphatic carbocycles. The monoisotopic (exact) mass is 1370 g/mol. The van der Waals surface area contributed by atoms with Crippen molar-refractivity contribution in [3.8, 4) is 33.6 Å². The van der Waals surface area contributed by atoms with E-state index in [1.54, 1.807) is 0 Å². The minimum atomic E-state index is 0.00273. The number of hydrogen-bond acceptors (Lipinski definition) is 11. The number of pyridine rings is 3. The Balaban J connectivity index is 0.000000136. The molecule has 0 fully saturated rings. The van der Waals surface area contributed by atoms with Crippen molar-refractivity contribution in [3.05, 3.63) is 232 Å². The summed E-state index contributed by atoms with van der Waals surface area (Å²) in [7, 11) is 6.36. The van der Waals surface area contributed by atoms with Crippen molar-refractivity contribution < 1.29 is 22.4 Å². The molecule has 4 aliphatic rings. The van der Waals surface area contributed by atoms with Gasteiger partial charge >= 0.3 is 32.4 Å². The van der Waals surface area contributed by atoms with Crippen molar-refractivity contribution in [2.75, 3.05) is 16.7 Å². The summed E-state index contributed by atoms with van der Waals surface area (Å²) in [6.45, 7) is 39.9. The van der Waals surface area contributed by atoms with Crippen LogP contribution in [0.15, 0.2) is 189 Å². The highest BCUT2D eigenvalue weighted by Crippen LogP contribution is 2.42. The molecule has 4 aromatic carbocycles. The molecule has 16 rings (SSSR count). The molecule has 0 amide bonds. The fourth-order valence-corrected chi connectivity index (χ4v) is 15.8. The third kappa shape index (κ3) is 12.4. The zero-order valence-electron chi connectivity index (χ0n) is 64.0. The Bertz CT molecular complexity index is 5060. The number of fused-ring (bicyclic) bond motifs is 9. The summed E-state index contributed by atoms with van der Waals surface area (Å²) in [5.74, 6) is 3.61. The normalized spacial score (nSPS) is 15.1. The fraction of sp³-hybridized carbons (Fsp3) is 0.306. The Morgan fingerprint density at radius 2 is 0.767 bits per heavy atom. The van der Waals surface area contributed by atoms with E-state index in [4.69, 9.17) is 13.3 Å². The molecule has 0 bridgehead atoms. The van der Waals surface area contributed by atoms with Gasteiger partial charge in [0, 0.05) is 75.1 Å². The van der Waals surface area contributed by atoms with Gasteiger partial charge in [0.25, 0.3) is 0 Å². The molecule has 15 nitrogen and oxygen atoms in total. The predicted octanol–water partition coefficient (Wildman–Crippen LogP) is 17.4. The van der Waals surface area contributed by atoms with Crippen LogP contribution in [0, 0.1) is 20.8 Å². The smallest absolute Gasteiger partial charge is 0.412 e. The number of anilines is 2. The van der Waals surface area contributed by atoms with Crippen molar-refractivity contribution in [1.29, 1.82) is 0 Å². The van der Waals surface area contributed by atoms with Crippen LogP contribution in [0.5, 0.6) is 0 Å². The van der Waals surface area contributed by atoms with Gasteiger partial charge in [0.15, 0.2) is 0 Å². The highest BCUT2D eigenvalue weighted by atomic mass is 16.4. The average molecular weight is 1370 g/mol. The van der Waals surface area contributed by atoms with Crippen LogP contribution >= 0.6 is 0 Å². The highest BCUT2D eigenvalue weighted by molar-refractivity contribution is 6.77. The minimum absolute atomic E-state index is 0.00273. The maximum Gasteiger partial charge on any atom is 0.412 e. The summed E-state index contributed by atoms with van der Waals surface area (Å²) in [5, 5.41) is 5.50. The van der Waals surface area contributed by atoms with Crippen molar-refractivity contribution in [2.45, 2.75) is 154 Å².